The van der Waals surface area contributed by atoms with Crippen molar-refractivity contribution in [3.63, 3.8) is 0 Å². The summed E-state index contributed by atoms with van der Waals surface area (Å²) >= 11 is 0. The summed E-state index contributed by atoms with van der Waals surface area (Å²) in [6.07, 6.45) is 2.11. The van der Waals surface area contributed by atoms with Crippen LogP contribution in [0.25, 0.3) is 0 Å². The van der Waals surface area contributed by atoms with Gasteiger partial charge in [-0.1, -0.05) is 13.3 Å². The van der Waals surface area contributed by atoms with Crippen LogP contribution in [0.3, 0.4) is 0 Å². The van der Waals surface area contributed by atoms with E-state index in [1.807, 2.05) is 6.92 Å². The first-order chi connectivity index (χ1) is 5.77. The molecule has 0 aliphatic rings. The minimum atomic E-state index is -3.52. The van der Waals surface area contributed by atoms with Gasteiger partial charge in [0.25, 0.3) is 0 Å². The fourth-order valence-corrected chi connectivity index (χ4v) is 2.41. The zero-order valence-corrected chi connectivity index (χ0v) is 9.20. The molecule has 0 fully saturated rings. The van der Waals surface area contributed by atoms with Crippen molar-refractivity contribution in [1.29, 1.82) is 0 Å². The molecule has 0 rings (SSSR count). The minimum Gasteiger partial charge on any atom is -0.211 e. The maximum atomic E-state index is 11.0. The molecule has 0 aromatic rings. The average Bonchev–Trinajstić information content (AvgIpc) is 1.97. The van der Waals surface area contributed by atoms with Crippen LogP contribution in [-0.4, -0.2) is 28.8 Å². The molecule has 8 heteroatoms. The monoisotopic (exact) mass is 230 g/mol. The van der Waals surface area contributed by atoms with Gasteiger partial charge in [-0.15, -0.1) is 9.66 Å². The third kappa shape index (κ3) is 8.16. The molecule has 0 amide bonds. The van der Waals surface area contributed by atoms with E-state index in [0.717, 1.165) is 12.7 Å². The molecule has 0 saturated heterocycles. The summed E-state index contributed by atoms with van der Waals surface area (Å²) in [6, 6.07) is 0. The summed E-state index contributed by atoms with van der Waals surface area (Å²) in [5.74, 6) is -0.0774. The van der Waals surface area contributed by atoms with Gasteiger partial charge in [-0.2, -0.15) is 0 Å². The van der Waals surface area contributed by atoms with Crippen molar-refractivity contribution >= 4 is 20.0 Å². The maximum absolute atomic E-state index is 11.0. The number of sulfonamides is 2. The quantitative estimate of drug-likeness (QED) is 0.582. The highest BCUT2D eigenvalue weighted by Crippen LogP contribution is 1.91. The molecule has 0 saturated carbocycles. The summed E-state index contributed by atoms with van der Waals surface area (Å²) in [6.45, 7) is 1.85. The van der Waals surface area contributed by atoms with Gasteiger partial charge in [-0.3, -0.25) is 0 Å². The van der Waals surface area contributed by atoms with E-state index in [-0.39, 0.29) is 5.75 Å². The predicted octanol–water partition coefficient (Wildman–Crippen LogP) is -0.830. The summed E-state index contributed by atoms with van der Waals surface area (Å²) < 4.78 is 43.0. The minimum absolute atomic E-state index is 0.0774. The van der Waals surface area contributed by atoms with Crippen LogP contribution in [0, 0.1) is 0 Å². The van der Waals surface area contributed by atoms with E-state index in [0.29, 0.717) is 6.42 Å². The second-order valence-corrected chi connectivity index (χ2v) is 6.24. The Labute approximate surface area is 78.8 Å². The largest absolute Gasteiger partial charge is 0.225 e. The SMILES string of the molecule is CCCCS(=O)(=O)NNS(C)(=O)=O. The predicted molar refractivity (Wildman–Crippen MR) is 49.8 cm³/mol. The van der Waals surface area contributed by atoms with Gasteiger partial charge in [0, 0.05) is 0 Å². The van der Waals surface area contributed by atoms with E-state index < -0.39 is 20.0 Å². The highest BCUT2D eigenvalue weighted by molar-refractivity contribution is 7.92. The Hall–Kier alpha value is -0.180. The van der Waals surface area contributed by atoms with Gasteiger partial charge < -0.3 is 0 Å². The Morgan fingerprint density at radius 1 is 1.08 bits per heavy atom. The molecule has 6 nitrogen and oxygen atoms in total. The van der Waals surface area contributed by atoms with Gasteiger partial charge in [0.15, 0.2) is 0 Å². The average molecular weight is 230 g/mol. The van der Waals surface area contributed by atoms with Crippen LogP contribution in [0.4, 0.5) is 0 Å². The molecule has 0 bridgehead atoms. The Morgan fingerprint density at radius 2 is 1.62 bits per heavy atom. The lowest BCUT2D eigenvalue weighted by molar-refractivity contribution is 0.559. The van der Waals surface area contributed by atoms with Crippen LogP contribution in [0.5, 0.6) is 0 Å². The van der Waals surface area contributed by atoms with Crippen molar-refractivity contribution in [2.75, 3.05) is 12.0 Å². The Kier molecular flexibility index (Phi) is 4.82. The summed E-state index contributed by atoms with van der Waals surface area (Å²) in [4.78, 5) is 3.47. The second kappa shape index (κ2) is 4.89. The van der Waals surface area contributed by atoms with E-state index in [1.165, 1.54) is 0 Å². The molecule has 80 valence electrons. The van der Waals surface area contributed by atoms with Crippen molar-refractivity contribution < 1.29 is 16.8 Å². The normalized spacial score (nSPS) is 13.1. The number of unbranched alkanes of at least 4 members (excludes halogenated alkanes) is 1. The third-order valence-corrected chi connectivity index (χ3v) is 2.99. The van der Waals surface area contributed by atoms with E-state index >= 15 is 0 Å². The molecule has 0 aromatic carbocycles. The molecule has 0 unspecified atom stereocenters. The Bertz CT molecular complexity index is 332. The van der Waals surface area contributed by atoms with E-state index in [1.54, 1.807) is 9.66 Å². The standard InChI is InChI=1S/C5H14N2O4S2/c1-3-4-5-13(10,11)7-6-12(2,8)9/h6-7H,3-5H2,1-2H3. The van der Waals surface area contributed by atoms with E-state index in [9.17, 15) is 16.8 Å². The summed E-state index contributed by atoms with van der Waals surface area (Å²) in [7, 11) is -7.04. The molecule has 0 atom stereocenters. The molecule has 0 aromatic heterocycles. The van der Waals surface area contributed by atoms with Gasteiger partial charge in [0.2, 0.25) is 20.0 Å². The first kappa shape index (κ1) is 12.8. The van der Waals surface area contributed by atoms with Crippen LogP contribution >= 0.6 is 0 Å². The van der Waals surface area contributed by atoms with Gasteiger partial charge in [0.1, 0.15) is 0 Å². The second-order valence-electron chi connectivity index (χ2n) is 2.65. The number of hydrazine groups is 1. The highest BCUT2D eigenvalue weighted by atomic mass is 32.2. The fraction of sp³-hybridized carbons (Fsp3) is 1.00. The topological polar surface area (TPSA) is 92.3 Å². The zero-order chi connectivity index (χ0) is 10.5. The number of hydrogen-bond acceptors (Lipinski definition) is 4. The lowest BCUT2D eigenvalue weighted by atomic mass is 10.4. The summed E-state index contributed by atoms with van der Waals surface area (Å²) in [5, 5.41) is 0. The number of rotatable bonds is 6. The molecule has 13 heavy (non-hydrogen) atoms. The van der Waals surface area contributed by atoms with Crippen molar-refractivity contribution in [1.82, 2.24) is 9.66 Å². The fourth-order valence-electron chi connectivity index (χ4n) is 0.525. The number of hydrogen-bond donors (Lipinski definition) is 2. The molecule has 0 aliphatic carbocycles. The molecule has 0 aliphatic heterocycles. The third-order valence-electron chi connectivity index (χ3n) is 1.15. The van der Waals surface area contributed by atoms with Crippen molar-refractivity contribution in [2.45, 2.75) is 19.8 Å². The molecule has 0 spiro atoms. The Morgan fingerprint density at radius 3 is 2.00 bits per heavy atom. The number of nitrogens with one attached hydrogen (secondary N) is 2. The van der Waals surface area contributed by atoms with E-state index in [4.69, 9.17) is 0 Å². The molecule has 0 radical (unpaired) electrons. The first-order valence-electron chi connectivity index (χ1n) is 3.73. The van der Waals surface area contributed by atoms with Crippen molar-refractivity contribution in [3.8, 4) is 0 Å². The van der Waals surface area contributed by atoms with Gasteiger partial charge in [-0.05, 0) is 6.42 Å². The van der Waals surface area contributed by atoms with E-state index in [2.05, 4.69) is 0 Å². The first-order valence-corrected chi connectivity index (χ1v) is 7.27. The maximum Gasteiger partial charge on any atom is 0.225 e. The molecule has 2 N–H and O–H groups in total. The van der Waals surface area contributed by atoms with Gasteiger partial charge >= 0.3 is 0 Å². The van der Waals surface area contributed by atoms with Crippen LogP contribution in [0.15, 0.2) is 0 Å². The lowest BCUT2D eigenvalue weighted by Crippen LogP contribution is -2.41. The van der Waals surface area contributed by atoms with Crippen LogP contribution < -0.4 is 9.66 Å². The van der Waals surface area contributed by atoms with Crippen molar-refractivity contribution in [3.05, 3.63) is 0 Å². The van der Waals surface area contributed by atoms with Crippen LogP contribution in [0.1, 0.15) is 19.8 Å². The Balaban J connectivity index is 4.05. The lowest BCUT2D eigenvalue weighted by Gasteiger charge is -2.05. The summed E-state index contributed by atoms with van der Waals surface area (Å²) in [5.41, 5.74) is 0. The van der Waals surface area contributed by atoms with Gasteiger partial charge in [-0.25, -0.2) is 16.8 Å². The zero-order valence-electron chi connectivity index (χ0n) is 7.57. The van der Waals surface area contributed by atoms with Gasteiger partial charge in [0.05, 0.1) is 12.0 Å². The molecular formula is C5H14N2O4S2. The smallest absolute Gasteiger partial charge is 0.211 e. The van der Waals surface area contributed by atoms with Crippen LogP contribution in [0.2, 0.25) is 0 Å². The molecular weight excluding hydrogens is 216 g/mol. The highest BCUT2D eigenvalue weighted by Gasteiger charge is 2.10. The molecule has 0 heterocycles. The van der Waals surface area contributed by atoms with Crippen molar-refractivity contribution in [2.24, 2.45) is 0 Å². The van der Waals surface area contributed by atoms with Crippen LogP contribution in [-0.2, 0) is 20.0 Å².